The molecule has 4 heteroatoms. The summed E-state index contributed by atoms with van der Waals surface area (Å²) in [5.74, 6) is 0.138. The van der Waals surface area contributed by atoms with Crippen molar-refractivity contribution in [2.45, 2.75) is 26.0 Å². The summed E-state index contributed by atoms with van der Waals surface area (Å²) < 4.78 is 0. The molecule has 0 radical (unpaired) electrons. The highest BCUT2D eigenvalue weighted by atomic mass is 35.5. The molecular weight excluding hydrogens is 202 g/mol. The molecule has 14 heavy (non-hydrogen) atoms. The van der Waals surface area contributed by atoms with Gasteiger partial charge in [0.2, 0.25) is 0 Å². The Balaban J connectivity index is 0.00000169. The molecule has 2 atom stereocenters. The van der Waals surface area contributed by atoms with Gasteiger partial charge in [0.05, 0.1) is 12.1 Å². The summed E-state index contributed by atoms with van der Waals surface area (Å²) in [5.41, 5.74) is 7.31. The van der Waals surface area contributed by atoms with Crippen molar-refractivity contribution >= 4 is 12.4 Å². The summed E-state index contributed by atoms with van der Waals surface area (Å²) in [7, 11) is 0. The number of aromatic hydroxyl groups is 1. The third-order valence-electron chi connectivity index (χ3n) is 2.06. The lowest BCUT2D eigenvalue weighted by molar-refractivity contribution is 0.163. The Morgan fingerprint density at radius 1 is 1.36 bits per heavy atom. The van der Waals surface area contributed by atoms with Crippen LogP contribution in [0.2, 0.25) is 0 Å². The number of benzene rings is 1. The first-order valence-electron chi connectivity index (χ1n) is 4.25. The second-order valence-corrected chi connectivity index (χ2v) is 3.33. The number of hydrogen-bond acceptors (Lipinski definition) is 3. The number of phenols is 1. The van der Waals surface area contributed by atoms with E-state index in [4.69, 9.17) is 5.73 Å². The molecule has 0 spiro atoms. The van der Waals surface area contributed by atoms with E-state index < -0.39 is 12.1 Å². The lowest BCUT2D eigenvalue weighted by atomic mass is 10.0. The topological polar surface area (TPSA) is 66.5 Å². The highest BCUT2D eigenvalue weighted by Crippen LogP contribution is 2.25. The fraction of sp³-hybridized carbons (Fsp3) is 0.400. The average molecular weight is 218 g/mol. The maximum Gasteiger partial charge on any atom is 0.120 e. The largest absolute Gasteiger partial charge is 0.508 e. The van der Waals surface area contributed by atoms with Crippen molar-refractivity contribution in [1.82, 2.24) is 0 Å². The number of halogens is 1. The summed E-state index contributed by atoms with van der Waals surface area (Å²) >= 11 is 0. The molecule has 0 aromatic heterocycles. The molecule has 0 fully saturated rings. The van der Waals surface area contributed by atoms with Crippen LogP contribution in [-0.2, 0) is 0 Å². The molecule has 0 aliphatic carbocycles. The Morgan fingerprint density at radius 3 is 2.43 bits per heavy atom. The Morgan fingerprint density at radius 2 is 1.93 bits per heavy atom. The summed E-state index contributed by atoms with van der Waals surface area (Å²) in [4.78, 5) is 0. The smallest absolute Gasteiger partial charge is 0.120 e. The number of aliphatic hydroxyl groups is 1. The molecule has 0 heterocycles. The second kappa shape index (κ2) is 5.20. The number of hydrogen-bond donors (Lipinski definition) is 3. The number of phenolic OH excluding ortho intramolecular Hbond substituents is 1. The Hall–Kier alpha value is -0.770. The molecule has 4 N–H and O–H groups in total. The third-order valence-corrected chi connectivity index (χ3v) is 2.06. The normalized spacial score (nSPS) is 14.3. The quantitative estimate of drug-likeness (QED) is 0.704. The van der Waals surface area contributed by atoms with Crippen LogP contribution in [0.25, 0.3) is 0 Å². The predicted octanol–water partition coefficient (Wildman–Crippen LogP) is 1.50. The van der Waals surface area contributed by atoms with Gasteiger partial charge >= 0.3 is 0 Å². The van der Waals surface area contributed by atoms with Crippen molar-refractivity contribution in [3.05, 3.63) is 29.3 Å². The minimum absolute atomic E-state index is 0. The van der Waals surface area contributed by atoms with Crippen molar-refractivity contribution < 1.29 is 10.2 Å². The molecule has 80 valence electrons. The lowest BCUT2D eigenvalue weighted by Crippen LogP contribution is -2.23. The Labute approximate surface area is 90.0 Å². The summed E-state index contributed by atoms with van der Waals surface area (Å²) in [6.45, 7) is 3.52. The number of aliphatic hydroxyl groups excluding tert-OH is 1. The van der Waals surface area contributed by atoms with Gasteiger partial charge in [0, 0.05) is 5.56 Å². The highest BCUT2D eigenvalue weighted by Gasteiger charge is 2.15. The van der Waals surface area contributed by atoms with Gasteiger partial charge in [-0.05, 0) is 19.9 Å². The molecule has 0 aliphatic rings. The molecule has 3 nitrogen and oxygen atoms in total. The summed E-state index contributed by atoms with van der Waals surface area (Å²) in [6, 6.07) is 4.65. The monoisotopic (exact) mass is 217 g/mol. The number of aryl methyl sites for hydroxylation is 1. The van der Waals surface area contributed by atoms with Gasteiger partial charge in [-0.25, -0.2) is 0 Å². The second-order valence-electron chi connectivity index (χ2n) is 3.33. The standard InChI is InChI=1S/C10H15NO2.ClH/c1-6-3-4-9(13)8(5-6)10(11)7(2)12;/h3-5,7,10,12-13H,11H2,1-2H3;1H/t7-,10-;/m0./s1. The van der Waals surface area contributed by atoms with Gasteiger partial charge in [0.25, 0.3) is 0 Å². The molecule has 0 bridgehead atoms. The summed E-state index contributed by atoms with van der Waals surface area (Å²) in [6.07, 6.45) is -0.660. The maximum absolute atomic E-state index is 9.46. The minimum atomic E-state index is -0.660. The van der Waals surface area contributed by atoms with E-state index in [1.165, 1.54) is 0 Å². The van der Waals surface area contributed by atoms with Crippen LogP contribution in [-0.4, -0.2) is 16.3 Å². The molecule has 0 amide bonds. The predicted molar refractivity (Wildman–Crippen MR) is 58.7 cm³/mol. The first kappa shape index (κ1) is 13.2. The zero-order valence-corrected chi connectivity index (χ0v) is 9.08. The lowest BCUT2D eigenvalue weighted by Gasteiger charge is -2.16. The van der Waals surface area contributed by atoms with E-state index in [-0.39, 0.29) is 18.2 Å². The van der Waals surface area contributed by atoms with Crippen LogP contribution in [0.1, 0.15) is 24.1 Å². The van der Waals surface area contributed by atoms with Crippen LogP contribution in [0.4, 0.5) is 0 Å². The molecular formula is C10H16ClNO2. The molecule has 1 aromatic rings. The highest BCUT2D eigenvalue weighted by molar-refractivity contribution is 5.85. The van der Waals surface area contributed by atoms with Gasteiger partial charge < -0.3 is 15.9 Å². The fourth-order valence-corrected chi connectivity index (χ4v) is 1.20. The third kappa shape index (κ3) is 2.87. The molecule has 0 saturated heterocycles. The maximum atomic E-state index is 9.46. The van der Waals surface area contributed by atoms with E-state index >= 15 is 0 Å². The zero-order valence-electron chi connectivity index (χ0n) is 8.27. The summed E-state index contributed by atoms with van der Waals surface area (Å²) in [5, 5.41) is 18.7. The first-order chi connectivity index (χ1) is 6.02. The van der Waals surface area contributed by atoms with Crippen LogP contribution >= 0.6 is 12.4 Å². The molecule has 1 rings (SSSR count). The molecule has 0 unspecified atom stereocenters. The van der Waals surface area contributed by atoms with Crippen molar-refractivity contribution in [2.24, 2.45) is 5.73 Å². The SMILES string of the molecule is Cc1ccc(O)c([C@@H](N)[C@H](C)O)c1.Cl. The van der Waals surface area contributed by atoms with Gasteiger partial charge in [-0.1, -0.05) is 17.7 Å². The van der Waals surface area contributed by atoms with Crippen molar-refractivity contribution in [3.63, 3.8) is 0 Å². The number of rotatable bonds is 2. The van der Waals surface area contributed by atoms with E-state index in [1.807, 2.05) is 6.92 Å². The van der Waals surface area contributed by atoms with Gasteiger partial charge in [0.15, 0.2) is 0 Å². The van der Waals surface area contributed by atoms with Gasteiger partial charge in [-0.15, -0.1) is 12.4 Å². The zero-order chi connectivity index (χ0) is 10.0. The van der Waals surface area contributed by atoms with Crippen LogP contribution in [0.15, 0.2) is 18.2 Å². The minimum Gasteiger partial charge on any atom is -0.508 e. The van der Waals surface area contributed by atoms with E-state index in [1.54, 1.807) is 25.1 Å². The van der Waals surface area contributed by atoms with E-state index in [0.717, 1.165) is 5.56 Å². The van der Waals surface area contributed by atoms with Crippen LogP contribution < -0.4 is 5.73 Å². The molecule has 0 saturated carbocycles. The fourth-order valence-electron chi connectivity index (χ4n) is 1.20. The number of nitrogens with two attached hydrogens (primary N) is 1. The van der Waals surface area contributed by atoms with Gasteiger partial charge in [0.1, 0.15) is 5.75 Å². The Kier molecular flexibility index (Phi) is 4.91. The molecule has 1 aromatic carbocycles. The van der Waals surface area contributed by atoms with Crippen molar-refractivity contribution in [2.75, 3.05) is 0 Å². The van der Waals surface area contributed by atoms with Crippen LogP contribution in [0.5, 0.6) is 5.75 Å². The Bertz CT molecular complexity index is 302. The van der Waals surface area contributed by atoms with E-state index in [0.29, 0.717) is 5.56 Å². The molecule has 0 aliphatic heterocycles. The van der Waals surface area contributed by atoms with E-state index in [9.17, 15) is 10.2 Å². The van der Waals surface area contributed by atoms with Crippen molar-refractivity contribution in [1.29, 1.82) is 0 Å². The van der Waals surface area contributed by atoms with Crippen LogP contribution in [0.3, 0.4) is 0 Å². The van der Waals surface area contributed by atoms with E-state index in [2.05, 4.69) is 0 Å². The van der Waals surface area contributed by atoms with Gasteiger partial charge in [-0.2, -0.15) is 0 Å². The average Bonchev–Trinajstić information content (AvgIpc) is 2.08. The van der Waals surface area contributed by atoms with Crippen molar-refractivity contribution in [3.8, 4) is 5.75 Å². The van der Waals surface area contributed by atoms with Crippen LogP contribution in [0, 0.1) is 6.92 Å². The van der Waals surface area contributed by atoms with Gasteiger partial charge in [-0.3, -0.25) is 0 Å². The first-order valence-corrected chi connectivity index (χ1v) is 4.25.